The lowest BCUT2D eigenvalue weighted by Gasteiger charge is -2.50. The van der Waals surface area contributed by atoms with E-state index in [0.717, 1.165) is 31.0 Å². The van der Waals surface area contributed by atoms with Crippen molar-refractivity contribution in [1.82, 2.24) is 25.3 Å². The Morgan fingerprint density at radius 2 is 1.86 bits per heavy atom. The van der Waals surface area contributed by atoms with Crippen molar-refractivity contribution in [2.24, 2.45) is 5.92 Å². The molecule has 7 nitrogen and oxygen atoms in total. The molecule has 3 fully saturated rings. The molecule has 9 heteroatoms. The number of urea groups is 1. The van der Waals surface area contributed by atoms with Gasteiger partial charge in [-0.25, -0.2) is 4.79 Å². The fraction of sp³-hybridized carbons (Fsp3) is 0.600. The van der Waals surface area contributed by atoms with E-state index >= 15 is 0 Å². The van der Waals surface area contributed by atoms with E-state index in [1.54, 1.807) is 30.8 Å². The van der Waals surface area contributed by atoms with Gasteiger partial charge in [0.2, 0.25) is 5.91 Å². The van der Waals surface area contributed by atoms with Crippen LogP contribution in [0.4, 0.5) is 4.79 Å². The van der Waals surface area contributed by atoms with E-state index in [2.05, 4.69) is 15.5 Å². The van der Waals surface area contributed by atoms with Crippen LogP contribution in [-0.4, -0.2) is 77.7 Å². The summed E-state index contributed by atoms with van der Waals surface area (Å²) in [5.41, 5.74) is 0.921. The number of halogens is 1. The first kappa shape index (κ1) is 20.9. The molecule has 0 aliphatic carbocycles. The maximum atomic E-state index is 13.0. The number of likely N-dealkylation sites (tertiary alicyclic amines) is 1. The first-order valence-corrected chi connectivity index (χ1v) is 11.5. The Morgan fingerprint density at radius 1 is 1.14 bits per heavy atom. The third-order valence-electron chi connectivity index (χ3n) is 6.08. The van der Waals surface area contributed by atoms with Gasteiger partial charge in [-0.15, -0.1) is 11.8 Å². The van der Waals surface area contributed by atoms with E-state index in [0.29, 0.717) is 5.02 Å². The third kappa shape index (κ3) is 4.14. The predicted octanol–water partition coefficient (Wildman–Crippen LogP) is 2.15. The van der Waals surface area contributed by atoms with Crippen molar-refractivity contribution >= 4 is 35.3 Å². The molecule has 3 aliphatic heterocycles. The number of benzene rings is 1. The van der Waals surface area contributed by atoms with Gasteiger partial charge >= 0.3 is 6.03 Å². The van der Waals surface area contributed by atoms with Gasteiger partial charge in [0.05, 0.1) is 23.6 Å². The monoisotopic (exact) mass is 437 g/mol. The highest BCUT2D eigenvalue weighted by molar-refractivity contribution is 7.99. The van der Waals surface area contributed by atoms with Gasteiger partial charge in [-0.3, -0.25) is 20.3 Å². The quantitative estimate of drug-likeness (QED) is 0.735. The van der Waals surface area contributed by atoms with Crippen molar-refractivity contribution in [1.29, 1.82) is 0 Å². The zero-order valence-corrected chi connectivity index (χ0v) is 18.4. The number of rotatable bonds is 5. The Hall–Kier alpha value is -1.32. The molecule has 0 aromatic heterocycles. The summed E-state index contributed by atoms with van der Waals surface area (Å²) in [6, 6.07) is 7.38. The minimum absolute atomic E-state index is 0.115. The molecule has 4 unspecified atom stereocenters. The Labute approximate surface area is 181 Å². The van der Waals surface area contributed by atoms with Gasteiger partial charge in [0.25, 0.3) is 0 Å². The van der Waals surface area contributed by atoms with Crippen LogP contribution in [0.15, 0.2) is 24.3 Å². The highest BCUT2D eigenvalue weighted by Crippen LogP contribution is 2.35. The van der Waals surface area contributed by atoms with E-state index in [1.807, 2.05) is 24.3 Å². The first-order chi connectivity index (χ1) is 14.0. The van der Waals surface area contributed by atoms with E-state index in [9.17, 15) is 9.59 Å². The molecule has 2 N–H and O–H groups in total. The summed E-state index contributed by atoms with van der Waals surface area (Å²) in [5.74, 6) is 0.435. The number of amides is 3. The molecule has 4 atom stereocenters. The van der Waals surface area contributed by atoms with Crippen molar-refractivity contribution in [3.05, 3.63) is 34.9 Å². The number of hydrogen-bond acceptors (Lipinski definition) is 6. The molecule has 3 saturated heterocycles. The van der Waals surface area contributed by atoms with E-state index < -0.39 is 0 Å². The Bertz CT molecular complexity index is 775. The molecule has 1 aromatic rings. The molecule has 0 radical (unpaired) electrons. The van der Waals surface area contributed by atoms with Gasteiger partial charge in [-0.2, -0.15) is 0 Å². The summed E-state index contributed by atoms with van der Waals surface area (Å²) in [7, 11) is 3.31. The number of carbonyl (C=O) groups is 2. The molecule has 1 aromatic carbocycles. The molecule has 0 spiro atoms. The fourth-order valence-corrected chi connectivity index (χ4v) is 5.97. The zero-order valence-electron chi connectivity index (χ0n) is 16.8. The molecule has 4 rings (SSSR count). The largest absolute Gasteiger partial charge is 0.327 e. The molecule has 158 valence electrons. The van der Waals surface area contributed by atoms with Crippen molar-refractivity contribution in [2.75, 3.05) is 39.5 Å². The van der Waals surface area contributed by atoms with Gasteiger partial charge in [-0.1, -0.05) is 29.8 Å². The van der Waals surface area contributed by atoms with Gasteiger partial charge in [0, 0.05) is 37.0 Å². The van der Waals surface area contributed by atoms with Crippen LogP contribution in [0.3, 0.4) is 0 Å². The van der Waals surface area contributed by atoms with Crippen LogP contribution in [0, 0.1) is 5.92 Å². The second-order valence-electron chi connectivity index (χ2n) is 7.89. The van der Waals surface area contributed by atoms with Crippen LogP contribution in [-0.2, 0) is 4.79 Å². The Morgan fingerprint density at radius 3 is 2.59 bits per heavy atom. The summed E-state index contributed by atoms with van der Waals surface area (Å²) in [5, 5.41) is 7.57. The molecule has 0 bridgehead atoms. The lowest BCUT2D eigenvalue weighted by molar-refractivity contribution is -0.140. The van der Waals surface area contributed by atoms with Gasteiger partial charge in [0.15, 0.2) is 0 Å². The molecule has 3 amide bonds. The van der Waals surface area contributed by atoms with Gasteiger partial charge in [0.1, 0.15) is 0 Å². The standard InChI is InChI=1S/C20H28ClN5O2S/c1-24-17-15(19(27)25(2)20(24)28)18(29-12-11-26-9-5-6-10-26)23-16(22-17)13-7-3-4-8-14(13)21/h3-4,7-8,15-18,22-23H,5-6,9-12H2,1-2H3. The number of imide groups is 1. The second-order valence-corrected chi connectivity index (χ2v) is 9.55. The predicted molar refractivity (Wildman–Crippen MR) is 116 cm³/mol. The van der Waals surface area contributed by atoms with Crippen LogP contribution >= 0.6 is 23.4 Å². The summed E-state index contributed by atoms with van der Waals surface area (Å²) < 4.78 is 0. The molecule has 3 aliphatic rings. The van der Waals surface area contributed by atoms with Gasteiger partial charge < -0.3 is 9.80 Å². The van der Waals surface area contributed by atoms with Crippen LogP contribution in [0.1, 0.15) is 24.6 Å². The zero-order chi connectivity index (χ0) is 20.5. The summed E-state index contributed by atoms with van der Waals surface area (Å²) in [6.07, 6.45) is 1.93. The lowest BCUT2D eigenvalue weighted by atomic mass is 9.96. The fourth-order valence-electron chi connectivity index (χ4n) is 4.40. The van der Waals surface area contributed by atoms with Crippen molar-refractivity contribution in [3.8, 4) is 0 Å². The van der Waals surface area contributed by atoms with Crippen molar-refractivity contribution in [2.45, 2.75) is 30.5 Å². The number of carbonyl (C=O) groups excluding carboxylic acids is 2. The summed E-state index contributed by atoms with van der Waals surface area (Å²) >= 11 is 8.20. The number of nitrogens with one attached hydrogen (secondary N) is 2. The second kappa shape index (κ2) is 8.81. The number of fused-ring (bicyclic) bond motifs is 1. The molecular weight excluding hydrogens is 410 g/mol. The topological polar surface area (TPSA) is 67.9 Å². The smallest absolute Gasteiger partial charge is 0.311 e. The average molecular weight is 438 g/mol. The highest BCUT2D eigenvalue weighted by atomic mass is 35.5. The maximum absolute atomic E-state index is 13.0. The van der Waals surface area contributed by atoms with Crippen LogP contribution in [0.25, 0.3) is 0 Å². The van der Waals surface area contributed by atoms with Crippen LogP contribution in [0.5, 0.6) is 0 Å². The Kier molecular flexibility index (Phi) is 6.36. The van der Waals surface area contributed by atoms with Crippen LogP contribution < -0.4 is 10.6 Å². The van der Waals surface area contributed by atoms with E-state index in [1.165, 1.54) is 17.7 Å². The third-order valence-corrected chi connectivity index (χ3v) is 7.63. The van der Waals surface area contributed by atoms with Crippen molar-refractivity contribution < 1.29 is 9.59 Å². The van der Waals surface area contributed by atoms with Crippen LogP contribution in [0.2, 0.25) is 5.02 Å². The lowest BCUT2D eigenvalue weighted by Crippen LogP contribution is -2.72. The molecule has 3 heterocycles. The normalized spacial score (nSPS) is 30.7. The molecule has 29 heavy (non-hydrogen) atoms. The number of hydrogen-bond donors (Lipinski definition) is 2. The average Bonchev–Trinajstić information content (AvgIpc) is 3.24. The summed E-state index contributed by atoms with van der Waals surface area (Å²) in [6.45, 7) is 3.34. The number of thioether (sulfide) groups is 1. The first-order valence-electron chi connectivity index (χ1n) is 10.1. The molecule has 0 saturated carbocycles. The Balaban J connectivity index is 1.56. The minimum atomic E-state index is -0.377. The van der Waals surface area contributed by atoms with E-state index in [4.69, 9.17) is 11.6 Å². The number of nitrogens with zero attached hydrogens (tertiary/aromatic N) is 3. The minimum Gasteiger partial charge on any atom is -0.311 e. The van der Waals surface area contributed by atoms with Gasteiger partial charge in [-0.05, 0) is 32.0 Å². The SMILES string of the molecule is CN1C(=O)C2C(SCCN3CCCC3)NC(c3ccccc3Cl)NC2N(C)C1=O. The van der Waals surface area contributed by atoms with E-state index in [-0.39, 0.29) is 35.6 Å². The van der Waals surface area contributed by atoms with Crippen molar-refractivity contribution in [3.63, 3.8) is 0 Å². The highest BCUT2D eigenvalue weighted by Gasteiger charge is 2.51. The summed E-state index contributed by atoms with van der Waals surface area (Å²) in [4.78, 5) is 30.9. The molecular formula is C20H28ClN5O2S. The maximum Gasteiger partial charge on any atom is 0.327 e.